The number of likely N-dealkylation sites (N-methyl/N-ethyl adjacent to an activating group) is 1. The summed E-state index contributed by atoms with van der Waals surface area (Å²) < 4.78 is 11.4. The average Bonchev–Trinajstić information content (AvgIpc) is 3.07. The van der Waals surface area contributed by atoms with Crippen LogP contribution in [-0.2, 0) is 16.0 Å². The van der Waals surface area contributed by atoms with E-state index in [9.17, 15) is 4.79 Å². The van der Waals surface area contributed by atoms with Gasteiger partial charge in [0.15, 0.2) is 0 Å². The quantitative estimate of drug-likeness (QED) is 0.899. The van der Waals surface area contributed by atoms with Gasteiger partial charge in [-0.15, -0.1) is 0 Å². The number of ether oxygens (including phenoxy) is 2. The summed E-state index contributed by atoms with van der Waals surface area (Å²) in [4.78, 5) is 13.6. The molecule has 0 spiro atoms. The van der Waals surface area contributed by atoms with Crippen molar-refractivity contribution in [2.75, 3.05) is 27.7 Å². The van der Waals surface area contributed by atoms with Crippen molar-refractivity contribution < 1.29 is 14.3 Å². The SMILES string of the molecule is COc1cccc2c1CCC[C@@H]2NC[C@@H]1CC[C@H](C(=O)N(C)C)O1. The molecule has 1 saturated heterocycles. The molecule has 1 amide bonds. The number of rotatable bonds is 5. The fourth-order valence-electron chi connectivity index (χ4n) is 3.82. The Kier molecular flexibility index (Phi) is 5.41. The number of hydrogen-bond donors (Lipinski definition) is 1. The highest BCUT2D eigenvalue weighted by molar-refractivity contribution is 5.80. The summed E-state index contributed by atoms with van der Waals surface area (Å²) in [5.41, 5.74) is 2.68. The molecule has 1 aromatic carbocycles. The first-order valence-corrected chi connectivity index (χ1v) is 8.86. The Bertz CT molecular complexity index is 588. The predicted octanol–water partition coefficient (Wildman–Crippen LogP) is 2.30. The van der Waals surface area contributed by atoms with Crippen LogP contribution in [-0.4, -0.2) is 50.8 Å². The van der Waals surface area contributed by atoms with Crippen LogP contribution < -0.4 is 10.1 Å². The lowest BCUT2D eigenvalue weighted by molar-refractivity contribution is -0.140. The molecule has 1 fully saturated rings. The Labute approximate surface area is 144 Å². The average molecular weight is 332 g/mol. The third kappa shape index (κ3) is 3.57. The fourth-order valence-corrected chi connectivity index (χ4v) is 3.82. The maximum absolute atomic E-state index is 12.0. The van der Waals surface area contributed by atoms with E-state index in [2.05, 4.69) is 17.4 Å². The smallest absolute Gasteiger partial charge is 0.251 e. The lowest BCUT2D eigenvalue weighted by Gasteiger charge is -2.28. The minimum atomic E-state index is -0.273. The summed E-state index contributed by atoms with van der Waals surface area (Å²) in [6.45, 7) is 0.790. The summed E-state index contributed by atoms with van der Waals surface area (Å²) in [7, 11) is 5.30. The normalized spacial score (nSPS) is 26.0. The highest BCUT2D eigenvalue weighted by Crippen LogP contribution is 2.35. The molecule has 5 heteroatoms. The highest BCUT2D eigenvalue weighted by Gasteiger charge is 2.32. The van der Waals surface area contributed by atoms with E-state index in [0.29, 0.717) is 6.04 Å². The molecule has 1 N–H and O–H groups in total. The number of nitrogens with one attached hydrogen (secondary N) is 1. The van der Waals surface area contributed by atoms with Gasteiger partial charge in [0, 0.05) is 26.7 Å². The molecule has 1 aliphatic carbocycles. The number of carbonyl (C=O) groups is 1. The molecule has 0 bridgehead atoms. The van der Waals surface area contributed by atoms with Gasteiger partial charge < -0.3 is 19.7 Å². The topological polar surface area (TPSA) is 50.8 Å². The van der Waals surface area contributed by atoms with E-state index in [0.717, 1.165) is 44.4 Å². The molecule has 0 radical (unpaired) electrons. The molecule has 0 saturated carbocycles. The van der Waals surface area contributed by atoms with Crippen LogP contribution in [0.25, 0.3) is 0 Å². The fraction of sp³-hybridized carbons (Fsp3) is 0.632. The van der Waals surface area contributed by atoms with Gasteiger partial charge in [0.2, 0.25) is 0 Å². The van der Waals surface area contributed by atoms with Crippen molar-refractivity contribution >= 4 is 5.91 Å². The van der Waals surface area contributed by atoms with Gasteiger partial charge in [-0.3, -0.25) is 4.79 Å². The molecule has 2 aliphatic rings. The summed E-state index contributed by atoms with van der Waals surface area (Å²) >= 11 is 0. The van der Waals surface area contributed by atoms with Crippen LogP contribution in [0.15, 0.2) is 18.2 Å². The predicted molar refractivity (Wildman–Crippen MR) is 93.3 cm³/mol. The number of methoxy groups -OCH3 is 1. The highest BCUT2D eigenvalue weighted by atomic mass is 16.5. The molecule has 0 unspecified atom stereocenters. The molecule has 0 aromatic heterocycles. The van der Waals surface area contributed by atoms with E-state index in [1.54, 1.807) is 26.1 Å². The van der Waals surface area contributed by atoms with E-state index in [-0.39, 0.29) is 18.1 Å². The van der Waals surface area contributed by atoms with E-state index in [4.69, 9.17) is 9.47 Å². The third-order valence-corrected chi connectivity index (χ3v) is 5.10. The maximum Gasteiger partial charge on any atom is 0.251 e. The van der Waals surface area contributed by atoms with Crippen LogP contribution in [0.4, 0.5) is 0 Å². The lowest BCUT2D eigenvalue weighted by atomic mass is 9.87. The van der Waals surface area contributed by atoms with E-state index >= 15 is 0 Å². The van der Waals surface area contributed by atoms with Gasteiger partial charge in [0.1, 0.15) is 11.9 Å². The zero-order valence-electron chi connectivity index (χ0n) is 14.9. The molecular weight excluding hydrogens is 304 g/mol. The Morgan fingerprint density at radius 2 is 2.17 bits per heavy atom. The summed E-state index contributed by atoms with van der Waals surface area (Å²) in [6, 6.07) is 6.65. The number of amides is 1. The van der Waals surface area contributed by atoms with Crippen molar-refractivity contribution in [3.63, 3.8) is 0 Å². The van der Waals surface area contributed by atoms with Crippen LogP contribution in [0.2, 0.25) is 0 Å². The van der Waals surface area contributed by atoms with E-state index in [1.165, 1.54) is 11.1 Å². The van der Waals surface area contributed by atoms with Gasteiger partial charge in [-0.2, -0.15) is 0 Å². The molecule has 5 nitrogen and oxygen atoms in total. The van der Waals surface area contributed by atoms with Gasteiger partial charge in [0.25, 0.3) is 5.91 Å². The molecule has 24 heavy (non-hydrogen) atoms. The number of fused-ring (bicyclic) bond motifs is 1. The van der Waals surface area contributed by atoms with Crippen molar-refractivity contribution in [3.8, 4) is 5.75 Å². The first kappa shape index (κ1) is 17.2. The Balaban J connectivity index is 1.58. The molecule has 1 aliphatic heterocycles. The first-order valence-electron chi connectivity index (χ1n) is 8.86. The minimum Gasteiger partial charge on any atom is -0.496 e. The standard InChI is InChI=1S/C19H28N2O3/c1-21(2)19(22)18-11-10-13(24-18)12-20-16-8-4-7-15-14(16)6-5-9-17(15)23-3/h5-6,9,13,16,18,20H,4,7-8,10-12H2,1-3H3/t13-,16-,18+/m0/s1. The van der Waals surface area contributed by atoms with E-state index in [1.807, 2.05) is 6.07 Å². The molecule has 1 heterocycles. The second-order valence-electron chi connectivity index (χ2n) is 6.94. The largest absolute Gasteiger partial charge is 0.496 e. The Morgan fingerprint density at radius 1 is 1.33 bits per heavy atom. The second kappa shape index (κ2) is 7.53. The van der Waals surface area contributed by atoms with Gasteiger partial charge in [-0.1, -0.05) is 12.1 Å². The van der Waals surface area contributed by atoms with Gasteiger partial charge in [-0.05, 0) is 49.3 Å². The number of carbonyl (C=O) groups excluding carboxylic acids is 1. The molecule has 132 valence electrons. The number of nitrogens with zero attached hydrogens (tertiary/aromatic N) is 1. The molecule has 3 atom stereocenters. The summed E-state index contributed by atoms with van der Waals surface area (Å²) in [5, 5.41) is 3.65. The number of benzene rings is 1. The summed E-state index contributed by atoms with van der Waals surface area (Å²) in [5.74, 6) is 1.07. The van der Waals surface area contributed by atoms with Crippen LogP contribution in [0.3, 0.4) is 0 Å². The van der Waals surface area contributed by atoms with Crippen LogP contribution in [0, 0.1) is 0 Å². The van der Waals surface area contributed by atoms with Gasteiger partial charge >= 0.3 is 0 Å². The maximum atomic E-state index is 12.0. The lowest BCUT2D eigenvalue weighted by Crippen LogP contribution is -2.36. The third-order valence-electron chi connectivity index (χ3n) is 5.10. The Morgan fingerprint density at radius 3 is 2.92 bits per heavy atom. The molecule has 1 aromatic rings. The van der Waals surface area contributed by atoms with Crippen LogP contribution >= 0.6 is 0 Å². The zero-order chi connectivity index (χ0) is 17.1. The van der Waals surface area contributed by atoms with Crippen molar-refractivity contribution in [1.82, 2.24) is 10.2 Å². The first-order chi connectivity index (χ1) is 11.6. The van der Waals surface area contributed by atoms with Crippen molar-refractivity contribution in [1.29, 1.82) is 0 Å². The molecule has 3 rings (SSSR count). The van der Waals surface area contributed by atoms with Crippen molar-refractivity contribution in [3.05, 3.63) is 29.3 Å². The zero-order valence-corrected chi connectivity index (χ0v) is 14.9. The number of hydrogen-bond acceptors (Lipinski definition) is 4. The summed E-state index contributed by atoms with van der Waals surface area (Å²) in [6.07, 6.45) is 4.98. The second-order valence-corrected chi connectivity index (χ2v) is 6.94. The van der Waals surface area contributed by atoms with Gasteiger partial charge in [-0.25, -0.2) is 0 Å². The van der Waals surface area contributed by atoms with Crippen molar-refractivity contribution in [2.24, 2.45) is 0 Å². The van der Waals surface area contributed by atoms with Gasteiger partial charge in [0.05, 0.1) is 13.2 Å². The van der Waals surface area contributed by atoms with Crippen LogP contribution in [0.1, 0.15) is 42.9 Å². The minimum absolute atomic E-state index is 0.0743. The Hall–Kier alpha value is -1.59. The molecular formula is C19H28N2O3. The van der Waals surface area contributed by atoms with E-state index < -0.39 is 0 Å². The van der Waals surface area contributed by atoms with Crippen LogP contribution in [0.5, 0.6) is 5.75 Å². The van der Waals surface area contributed by atoms with Crippen molar-refractivity contribution in [2.45, 2.75) is 50.4 Å². The monoisotopic (exact) mass is 332 g/mol.